The van der Waals surface area contributed by atoms with Gasteiger partial charge in [0.15, 0.2) is 0 Å². The molecule has 1 aliphatic rings. The minimum Gasteiger partial charge on any atom is -0.489 e. The molecule has 1 aliphatic carbocycles. The standard InChI is InChI=1S/C29H42O2/c1-4-5-6-7-11-19-29(2,3)25-17-18-27(24-15-12-16-26(30)20-24)28(21-25)31-22-23-13-9-8-10-14-23/h8-10,13-14,17-18,21,24,26,30H,4-7,11-12,15-16,19-20,22H2,1-3H3. The normalized spacial score (nSPS) is 19.4. The lowest BCUT2D eigenvalue weighted by atomic mass is 9.77. The number of benzene rings is 2. The molecule has 170 valence electrons. The molecule has 0 bridgehead atoms. The van der Waals surface area contributed by atoms with Crippen molar-refractivity contribution in [2.75, 3.05) is 0 Å². The first kappa shape index (κ1) is 23.9. The first-order valence-corrected chi connectivity index (χ1v) is 12.5. The predicted octanol–water partition coefficient (Wildman–Crippen LogP) is 7.92. The van der Waals surface area contributed by atoms with E-state index in [0.717, 1.165) is 31.4 Å². The van der Waals surface area contributed by atoms with Gasteiger partial charge in [-0.3, -0.25) is 0 Å². The highest BCUT2D eigenvalue weighted by Gasteiger charge is 2.27. The average molecular weight is 423 g/mol. The van der Waals surface area contributed by atoms with E-state index < -0.39 is 0 Å². The molecule has 2 atom stereocenters. The van der Waals surface area contributed by atoms with E-state index >= 15 is 0 Å². The van der Waals surface area contributed by atoms with Crippen LogP contribution in [0.5, 0.6) is 5.75 Å². The van der Waals surface area contributed by atoms with Crippen LogP contribution in [-0.2, 0) is 12.0 Å². The largest absolute Gasteiger partial charge is 0.489 e. The van der Waals surface area contributed by atoms with E-state index in [1.165, 1.54) is 55.2 Å². The van der Waals surface area contributed by atoms with Crippen molar-refractivity contribution in [2.45, 2.75) is 109 Å². The summed E-state index contributed by atoms with van der Waals surface area (Å²) in [5, 5.41) is 10.2. The Kier molecular flexibility index (Phi) is 9.02. The molecule has 1 N–H and O–H groups in total. The van der Waals surface area contributed by atoms with Crippen molar-refractivity contribution < 1.29 is 9.84 Å². The third kappa shape index (κ3) is 7.10. The quantitative estimate of drug-likeness (QED) is 0.373. The second-order valence-electron chi connectivity index (χ2n) is 10.1. The van der Waals surface area contributed by atoms with Gasteiger partial charge in [0, 0.05) is 0 Å². The van der Waals surface area contributed by atoms with Gasteiger partial charge in [-0.25, -0.2) is 0 Å². The Labute approximate surface area is 190 Å². The van der Waals surface area contributed by atoms with E-state index in [1.807, 2.05) is 6.07 Å². The summed E-state index contributed by atoms with van der Waals surface area (Å²) >= 11 is 0. The van der Waals surface area contributed by atoms with Crippen molar-refractivity contribution in [2.24, 2.45) is 0 Å². The Hall–Kier alpha value is -1.80. The lowest BCUT2D eigenvalue weighted by Gasteiger charge is -2.30. The molecule has 0 aliphatic heterocycles. The second kappa shape index (κ2) is 11.7. The molecular weight excluding hydrogens is 380 g/mol. The van der Waals surface area contributed by atoms with Crippen LogP contribution < -0.4 is 4.74 Å². The Balaban J connectivity index is 1.77. The molecule has 2 heteroatoms. The molecule has 2 nitrogen and oxygen atoms in total. The van der Waals surface area contributed by atoms with Crippen LogP contribution in [-0.4, -0.2) is 11.2 Å². The molecule has 2 aromatic rings. The van der Waals surface area contributed by atoms with Gasteiger partial charge in [-0.05, 0) is 59.8 Å². The van der Waals surface area contributed by atoms with Crippen LogP contribution in [0.2, 0.25) is 0 Å². The maximum Gasteiger partial charge on any atom is 0.123 e. The van der Waals surface area contributed by atoms with Gasteiger partial charge in [-0.15, -0.1) is 0 Å². The van der Waals surface area contributed by atoms with Crippen molar-refractivity contribution in [3.05, 3.63) is 65.2 Å². The summed E-state index contributed by atoms with van der Waals surface area (Å²) in [6.45, 7) is 7.60. The topological polar surface area (TPSA) is 29.5 Å². The molecule has 0 heterocycles. The molecule has 0 spiro atoms. The number of aliphatic hydroxyl groups is 1. The van der Waals surface area contributed by atoms with Gasteiger partial charge < -0.3 is 9.84 Å². The van der Waals surface area contributed by atoms with E-state index in [-0.39, 0.29) is 11.5 Å². The van der Waals surface area contributed by atoms with Gasteiger partial charge in [0.25, 0.3) is 0 Å². The summed E-state index contributed by atoms with van der Waals surface area (Å²) in [6.07, 6.45) is 11.6. The van der Waals surface area contributed by atoms with E-state index in [9.17, 15) is 5.11 Å². The van der Waals surface area contributed by atoms with E-state index in [2.05, 4.69) is 63.2 Å². The van der Waals surface area contributed by atoms with Crippen LogP contribution in [0.25, 0.3) is 0 Å². The van der Waals surface area contributed by atoms with Gasteiger partial charge in [-0.1, -0.05) is 102 Å². The first-order chi connectivity index (χ1) is 15.0. The Morgan fingerprint density at radius 3 is 2.48 bits per heavy atom. The number of hydrogen-bond acceptors (Lipinski definition) is 2. The third-order valence-corrected chi connectivity index (χ3v) is 7.02. The highest BCUT2D eigenvalue weighted by molar-refractivity contribution is 5.43. The lowest BCUT2D eigenvalue weighted by Crippen LogP contribution is -2.20. The molecule has 1 fully saturated rings. The maximum absolute atomic E-state index is 10.2. The fraction of sp³-hybridized carbons (Fsp3) is 0.586. The lowest BCUT2D eigenvalue weighted by molar-refractivity contribution is 0.118. The van der Waals surface area contributed by atoms with Crippen LogP contribution >= 0.6 is 0 Å². The summed E-state index contributed by atoms with van der Waals surface area (Å²) in [7, 11) is 0. The Bertz CT molecular complexity index is 781. The van der Waals surface area contributed by atoms with Crippen LogP contribution in [0, 0.1) is 0 Å². The summed E-state index contributed by atoms with van der Waals surface area (Å²) in [4.78, 5) is 0. The molecular formula is C29H42O2. The van der Waals surface area contributed by atoms with Crippen molar-refractivity contribution >= 4 is 0 Å². The van der Waals surface area contributed by atoms with Crippen LogP contribution in [0.1, 0.15) is 108 Å². The minimum atomic E-state index is -0.181. The fourth-order valence-corrected chi connectivity index (χ4v) is 4.91. The molecule has 0 amide bonds. The zero-order valence-electron chi connectivity index (χ0n) is 19.9. The fourth-order valence-electron chi connectivity index (χ4n) is 4.91. The van der Waals surface area contributed by atoms with Gasteiger partial charge in [0.05, 0.1) is 6.10 Å². The van der Waals surface area contributed by atoms with Gasteiger partial charge in [-0.2, -0.15) is 0 Å². The minimum absolute atomic E-state index is 0.141. The zero-order chi connectivity index (χ0) is 22.1. The van der Waals surface area contributed by atoms with Gasteiger partial charge in [0.2, 0.25) is 0 Å². The van der Waals surface area contributed by atoms with Crippen molar-refractivity contribution in [1.82, 2.24) is 0 Å². The molecule has 2 unspecified atom stereocenters. The summed E-state index contributed by atoms with van der Waals surface area (Å²) < 4.78 is 6.42. The van der Waals surface area contributed by atoms with Crippen LogP contribution in [0.15, 0.2) is 48.5 Å². The van der Waals surface area contributed by atoms with Crippen LogP contribution in [0.4, 0.5) is 0 Å². The summed E-state index contributed by atoms with van der Waals surface area (Å²) in [5.74, 6) is 1.40. The van der Waals surface area contributed by atoms with E-state index in [4.69, 9.17) is 4.74 Å². The number of rotatable bonds is 11. The van der Waals surface area contributed by atoms with Crippen molar-refractivity contribution in [3.63, 3.8) is 0 Å². The maximum atomic E-state index is 10.2. The first-order valence-electron chi connectivity index (χ1n) is 12.5. The molecule has 31 heavy (non-hydrogen) atoms. The van der Waals surface area contributed by atoms with Crippen molar-refractivity contribution in [3.8, 4) is 5.75 Å². The zero-order valence-corrected chi connectivity index (χ0v) is 19.9. The molecule has 0 radical (unpaired) electrons. The highest BCUT2D eigenvalue weighted by Crippen LogP contribution is 2.41. The Morgan fingerprint density at radius 2 is 1.74 bits per heavy atom. The SMILES string of the molecule is CCCCCCCC(C)(C)c1ccc(C2CCCC(O)C2)c(OCc2ccccc2)c1. The average Bonchev–Trinajstić information content (AvgIpc) is 2.78. The molecule has 0 saturated heterocycles. The number of hydrogen-bond donors (Lipinski definition) is 1. The number of aliphatic hydroxyl groups excluding tert-OH is 1. The molecule has 1 saturated carbocycles. The van der Waals surface area contributed by atoms with Crippen molar-refractivity contribution in [1.29, 1.82) is 0 Å². The Morgan fingerprint density at radius 1 is 0.968 bits per heavy atom. The smallest absolute Gasteiger partial charge is 0.123 e. The predicted molar refractivity (Wildman–Crippen MR) is 131 cm³/mol. The van der Waals surface area contributed by atoms with Gasteiger partial charge >= 0.3 is 0 Å². The third-order valence-electron chi connectivity index (χ3n) is 7.02. The van der Waals surface area contributed by atoms with E-state index in [1.54, 1.807) is 0 Å². The second-order valence-corrected chi connectivity index (χ2v) is 10.1. The van der Waals surface area contributed by atoms with E-state index in [0.29, 0.717) is 12.5 Å². The molecule has 2 aromatic carbocycles. The number of unbranched alkanes of at least 4 members (excludes halogenated alkanes) is 4. The monoisotopic (exact) mass is 422 g/mol. The molecule has 0 aromatic heterocycles. The van der Waals surface area contributed by atoms with Gasteiger partial charge in [0.1, 0.15) is 12.4 Å². The summed E-state index contributed by atoms with van der Waals surface area (Å²) in [6, 6.07) is 17.3. The van der Waals surface area contributed by atoms with Crippen LogP contribution in [0.3, 0.4) is 0 Å². The highest BCUT2D eigenvalue weighted by atomic mass is 16.5. The molecule has 3 rings (SSSR count). The number of ether oxygens (including phenoxy) is 1. The summed E-state index contributed by atoms with van der Waals surface area (Å²) in [5.41, 5.74) is 3.97.